The number of amides is 1. The molecule has 0 radical (unpaired) electrons. The fourth-order valence-corrected chi connectivity index (χ4v) is 4.77. The Labute approximate surface area is 193 Å². The molecule has 1 amide bonds. The lowest BCUT2D eigenvalue weighted by Gasteiger charge is -2.29. The van der Waals surface area contributed by atoms with E-state index in [1.54, 1.807) is 13.8 Å². The van der Waals surface area contributed by atoms with Crippen molar-refractivity contribution in [3.63, 3.8) is 0 Å². The van der Waals surface area contributed by atoms with Gasteiger partial charge >= 0.3 is 5.97 Å². The van der Waals surface area contributed by atoms with Gasteiger partial charge in [0.05, 0.1) is 12.0 Å². The van der Waals surface area contributed by atoms with Gasteiger partial charge in [0.2, 0.25) is 5.91 Å². The molecule has 5 nitrogen and oxygen atoms in total. The van der Waals surface area contributed by atoms with Crippen molar-refractivity contribution in [3.8, 4) is 0 Å². The van der Waals surface area contributed by atoms with Gasteiger partial charge in [-0.25, -0.2) is 0 Å². The second kappa shape index (κ2) is 8.99. The van der Waals surface area contributed by atoms with Crippen LogP contribution in [0.2, 0.25) is 5.02 Å². The number of hydrogen-bond donors (Lipinski definition) is 1. The molecule has 6 heteroatoms. The molecule has 168 valence electrons. The highest BCUT2D eigenvalue weighted by molar-refractivity contribution is 6.30. The summed E-state index contributed by atoms with van der Waals surface area (Å²) in [6.45, 7) is 5.39. The number of benzene rings is 2. The Morgan fingerprint density at radius 3 is 2.66 bits per heavy atom. The quantitative estimate of drug-likeness (QED) is 0.514. The number of carbonyl (C=O) groups is 2. The van der Waals surface area contributed by atoms with Crippen LogP contribution in [0.3, 0.4) is 0 Å². The van der Waals surface area contributed by atoms with Crippen LogP contribution in [0.1, 0.15) is 49.9 Å². The summed E-state index contributed by atoms with van der Waals surface area (Å²) in [4.78, 5) is 26.2. The molecule has 2 aromatic carbocycles. The van der Waals surface area contributed by atoms with E-state index < -0.39 is 11.4 Å². The first-order valence-corrected chi connectivity index (χ1v) is 11.5. The molecule has 3 aromatic rings. The number of hydrogen-bond acceptors (Lipinski definition) is 2. The van der Waals surface area contributed by atoms with Crippen LogP contribution in [-0.4, -0.2) is 33.0 Å². The summed E-state index contributed by atoms with van der Waals surface area (Å²) >= 11 is 6.21. The first-order valence-electron chi connectivity index (χ1n) is 11.1. The van der Waals surface area contributed by atoms with Gasteiger partial charge < -0.3 is 14.6 Å². The number of carbonyl (C=O) groups excluding carboxylic acids is 1. The van der Waals surface area contributed by atoms with Crippen molar-refractivity contribution in [2.75, 3.05) is 6.54 Å². The van der Waals surface area contributed by atoms with Gasteiger partial charge in [-0.2, -0.15) is 0 Å². The van der Waals surface area contributed by atoms with Gasteiger partial charge in [-0.15, -0.1) is 0 Å². The van der Waals surface area contributed by atoms with Crippen LogP contribution in [0.4, 0.5) is 0 Å². The van der Waals surface area contributed by atoms with Crippen molar-refractivity contribution in [2.24, 2.45) is 5.41 Å². The van der Waals surface area contributed by atoms with E-state index in [1.807, 2.05) is 23.1 Å². The molecule has 1 aliphatic heterocycles. The third kappa shape index (κ3) is 4.53. The third-order valence-corrected chi connectivity index (χ3v) is 6.76. The molecule has 0 unspecified atom stereocenters. The minimum Gasteiger partial charge on any atom is -0.481 e. The molecule has 4 rings (SSSR count). The highest BCUT2D eigenvalue weighted by atomic mass is 35.5. The maximum Gasteiger partial charge on any atom is 0.309 e. The summed E-state index contributed by atoms with van der Waals surface area (Å²) in [5, 5.41) is 11.3. The molecule has 0 bridgehead atoms. The second-order valence-corrected chi connectivity index (χ2v) is 9.70. The predicted octanol–water partition coefficient (Wildman–Crippen LogP) is 5.51. The summed E-state index contributed by atoms with van der Waals surface area (Å²) in [5.41, 5.74) is 3.99. The van der Waals surface area contributed by atoms with Crippen molar-refractivity contribution in [3.05, 3.63) is 70.4 Å². The molecule has 32 heavy (non-hydrogen) atoms. The molecule has 1 aromatic heterocycles. The summed E-state index contributed by atoms with van der Waals surface area (Å²) in [6, 6.07) is 16.3. The Kier molecular flexibility index (Phi) is 6.29. The van der Waals surface area contributed by atoms with Crippen LogP contribution >= 0.6 is 11.6 Å². The number of halogens is 1. The van der Waals surface area contributed by atoms with Crippen LogP contribution in [-0.2, 0) is 29.1 Å². The van der Waals surface area contributed by atoms with Crippen LogP contribution in [0.25, 0.3) is 10.9 Å². The molecule has 0 atom stereocenters. The van der Waals surface area contributed by atoms with Gasteiger partial charge in [0.15, 0.2) is 0 Å². The Morgan fingerprint density at radius 2 is 1.91 bits per heavy atom. The fourth-order valence-electron chi connectivity index (χ4n) is 4.55. The maximum atomic E-state index is 12.9. The van der Waals surface area contributed by atoms with E-state index in [0.717, 1.165) is 12.0 Å². The second-order valence-electron chi connectivity index (χ2n) is 9.27. The molecule has 1 N–H and O–H groups in total. The van der Waals surface area contributed by atoms with E-state index >= 15 is 0 Å². The van der Waals surface area contributed by atoms with E-state index in [9.17, 15) is 14.7 Å². The van der Waals surface area contributed by atoms with E-state index in [0.29, 0.717) is 43.9 Å². The van der Waals surface area contributed by atoms with E-state index in [1.165, 1.54) is 22.2 Å². The van der Waals surface area contributed by atoms with Gasteiger partial charge in [0.1, 0.15) is 0 Å². The fraction of sp³-hybridized carbons (Fsp3) is 0.385. The number of fused-ring (bicyclic) bond motifs is 3. The monoisotopic (exact) mass is 452 g/mol. The van der Waals surface area contributed by atoms with E-state index in [-0.39, 0.29) is 5.91 Å². The van der Waals surface area contributed by atoms with E-state index in [2.05, 4.69) is 34.9 Å². The molecule has 0 saturated carbocycles. The largest absolute Gasteiger partial charge is 0.481 e. The van der Waals surface area contributed by atoms with Crippen molar-refractivity contribution >= 4 is 34.4 Å². The van der Waals surface area contributed by atoms with Gasteiger partial charge in [0, 0.05) is 41.1 Å². The SMILES string of the molecule is CC(C)(CCCC(=O)N1CCc2c(n(Cc3cccc(Cl)c3)c3ccccc23)C1)C(=O)O. The molecule has 0 fully saturated rings. The highest BCUT2D eigenvalue weighted by Crippen LogP contribution is 2.32. The average molecular weight is 453 g/mol. The van der Waals surface area contributed by atoms with Crippen molar-refractivity contribution < 1.29 is 14.7 Å². The minimum absolute atomic E-state index is 0.0939. The third-order valence-electron chi connectivity index (χ3n) is 6.52. The lowest BCUT2D eigenvalue weighted by atomic mass is 9.87. The van der Waals surface area contributed by atoms with Gasteiger partial charge in [-0.3, -0.25) is 9.59 Å². The molecule has 0 spiro atoms. The number of rotatable bonds is 7. The smallest absolute Gasteiger partial charge is 0.309 e. The van der Waals surface area contributed by atoms with Gasteiger partial charge in [0.25, 0.3) is 0 Å². The summed E-state index contributed by atoms with van der Waals surface area (Å²) in [5.74, 6) is -0.727. The number of carboxylic acid groups (broad SMARTS) is 1. The molecule has 0 saturated heterocycles. The number of para-hydroxylation sites is 1. The highest BCUT2D eigenvalue weighted by Gasteiger charge is 2.29. The van der Waals surface area contributed by atoms with Crippen molar-refractivity contribution in [1.29, 1.82) is 0 Å². The van der Waals surface area contributed by atoms with Crippen molar-refractivity contribution in [2.45, 2.75) is 52.6 Å². The minimum atomic E-state index is -0.821. The Balaban J connectivity index is 1.55. The van der Waals surface area contributed by atoms with Crippen molar-refractivity contribution in [1.82, 2.24) is 9.47 Å². The summed E-state index contributed by atoms with van der Waals surface area (Å²) in [6.07, 6.45) is 2.26. The molecule has 0 aliphatic carbocycles. The number of nitrogens with zero attached hydrogens (tertiary/aromatic N) is 2. The topological polar surface area (TPSA) is 62.5 Å². The standard InChI is InChI=1S/C26H29ClN2O3/c1-26(2,25(31)32)13-6-11-24(30)28-14-12-21-20-9-3-4-10-22(20)29(23(21)17-28)16-18-7-5-8-19(27)15-18/h3-5,7-10,15H,6,11-14,16-17H2,1-2H3,(H,31,32). The Morgan fingerprint density at radius 1 is 1.12 bits per heavy atom. The van der Waals surface area contributed by atoms with Crippen LogP contribution in [0, 0.1) is 5.41 Å². The summed E-state index contributed by atoms with van der Waals surface area (Å²) < 4.78 is 2.31. The number of aromatic nitrogens is 1. The lowest BCUT2D eigenvalue weighted by Crippen LogP contribution is -2.36. The Hall–Kier alpha value is -2.79. The first-order chi connectivity index (χ1) is 15.3. The number of aliphatic carboxylic acids is 1. The zero-order chi connectivity index (χ0) is 22.9. The number of carboxylic acids is 1. The van der Waals surface area contributed by atoms with E-state index in [4.69, 9.17) is 11.6 Å². The normalized spacial score (nSPS) is 13.9. The molecule has 1 aliphatic rings. The summed E-state index contributed by atoms with van der Waals surface area (Å²) in [7, 11) is 0. The van der Waals surface area contributed by atoms with Crippen LogP contribution in [0.15, 0.2) is 48.5 Å². The van der Waals surface area contributed by atoms with Gasteiger partial charge in [-0.1, -0.05) is 41.9 Å². The molecular formula is C26H29ClN2O3. The zero-order valence-electron chi connectivity index (χ0n) is 18.6. The Bertz CT molecular complexity index is 1170. The molecular weight excluding hydrogens is 424 g/mol. The maximum absolute atomic E-state index is 12.9. The molecule has 2 heterocycles. The van der Waals surface area contributed by atoms with Gasteiger partial charge in [-0.05, 0) is 62.4 Å². The zero-order valence-corrected chi connectivity index (χ0v) is 19.4. The average Bonchev–Trinajstić information content (AvgIpc) is 3.06. The first kappa shape index (κ1) is 22.4. The lowest BCUT2D eigenvalue weighted by molar-refractivity contribution is -0.147. The van der Waals surface area contributed by atoms with Crippen LogP contribution < -0.4 is 0 Å². The van der Waals surface area contributed by atoms with Crippen LogP contribution in [0.5, 0.6) is 0 Å². The predicted molar refractivity (Wildman–Crippen MR) is 127 cm³/mol.